The highest BCUT2D eigenvalue weighted by Gasteiger charge is 2.30. The topological polar surface area (TPSA) is 66.5 Å². The molecule has 0 saturated carbocycles. The molecule has 26 heavy (non-hydrogen) atoms. The van der Waals surface area contributed by atoms with Gasteiger partial charge in [0.15, 0.2) is 0 Å². The van der Waals surface area contributed by atoms with E-state index in [2.05, 4.69) is 27.9 Å². The summed E-state index contributed by atoms with van der Waals surface area (Å²) in [6.07, 6.45) is 1.08. The molecule has 1 atom stereocenters. The zero-order valence-corrected chi connectivity index (χ0v) is 18.6. The maximum Gasteiger partial charge on any atom is 0.248 e. The summed E-state index contributed by atoms with van der Waals surface area (Å²) in [4.78, 5) is 12.8. The second-order valence-corrected chi connectivity index (χ2v) is 9.66. The van der Waals surface area contributed by atoms with E-state index in [-0.39, 0.29) is 0 Å². The quantitative estimate of drug-likeness (QED) is 0.613. The Bertz CT molecular complexity index is 947. The number of aryl methyl sites for hydroxylation is 2. The average molecular weight is 507 g/mol. The molecule has 0 radical (unpaired) electrons. The fraction of sp³-hybridized carbons (Fsp3) is 0.278. The van der Waals surface area contributed by atoms with E-state index < -0.39 is 22.0 Å². The van der Waals surface area contributed by atoms with Crippen LogP contribution in [0.1, 0.15) is 18.1 Å². The molecule has 140 valence electrons. The molecule has 0 bridgehead atoms. The highest BCUT2D eigenvalue weighted by atomic mass is 127. The number of rotatable bonds is 5. The Morgan fingerprint density at radius 1 is 1.15 bits per heavy atom. The van der Waals surface area contributed by atoms with Crippen molar-refractivity contribution in [2.24, 2.45) is 0 Å². The molecule has 2 aromatic carbocycles. The largest absolute Gasteiger partial charge is 0.324 e. The van der Waals surface area contributed by atoms with Gasteiger partial charge in [0, 0.05) is 14.3 Å². The number of sulfonamides is 1. The smallest absolute Gasteiger partial charge is 0.248 e. The molecule has 8 heteroatoms. The highest BCUT2D eigenvalue weighted by Crippen LogP contribution is 2.29. The van der Waals surface area contributed by atoms with Crippen LogP contribution in [-0.4, -0.2) is 26.6 Å². The number of hydrogen-bond donors (Lipinski definition) is 1. The van der Waals surface area contributed by atoms with Crippen LogP contribution in [0.15, 0.2) is 36.4 Å². The van der Waals surface area contributed by atoms with Crippen LogP contribution in [0.3, 0.4) is 0 Å². The molecule has 2 rings (SSSR count). The Balaban J connectivity index is 2.39. The molecule has 0 heterocycles. The first-order chi connectivity index (χ1) is 12.0. The lowest BCUT2D eigenvalue weighted by molar-refractivity contribution is -0.116. The number of hydrogen-bond acceptors (Lipinski definition) is 3. The van der Waals surface area contributed by atoms with Crippen LogP contribution < -0.4 is 9.62 Å². The van der Waals surface area contributed by atoms with Crippen LogP contribution in [0.5, 0.6) is 0 Å². The minimum absolute atomic E-state index is 0.391. The Hall–Kier alpha value is -1.32. The van der Waals surface area contributed by atoms with Crippen molar-refractivity contribution in [3.8, 4) is 0 Å². The molecule has 1 amide bonds. The molecule has 0 aliphatic heterocycles. The third-order valence-corrected chi connectivity index (χ3v) is 6.08. The average Bonchev–Trinajstić information content (AvgIpc) is 2.52. The Labute approximate surface area is 172 Å². The second kappa shape index (κ2) is 8.14. The predicted octanol–water partition coefficient (Wildman–Crippen LogP) is 4.35. The van der Waals surface area contributed by atoms with Crippen molar-refractivity contribution in [3.05, 3.63) is 56.1 Å². The van der Waals surface area contributed by atoms with Crippen LogP contribution in [0.25, 0.3) is 0 Å². The first kappa shape index (κ1) is 21.0. The predicted molar refractivity (Wildman–Crippen MR) is 115 cm³/mol. The summed E-state index contributed by atoms with van der Waals surface area (Å²) >= 11 is 8.23. The van der Waals surface area contributed by atoms with Crippen LogP contribution in [0, 0.1) is 17.4 Å². The molecule has 0 saturated heterocycles. The first-order valence-electron chi connectivity index (χ1n) is 7.83. The first-order valence-corrected chi connectivity index (χ1v) is 11.1. The van der Waals surface area contributed by atoms with Gasteiger partial charge < -0.3 is 5.32 Å². The van der Waals surface area contributed by atoms with E-state index in [1.165, 1.54) is 0 Å². The minimum atomic E-state index is -3.70. The normalized spacial score (nSPS) is 12.5. The maximum atomic E-state index is 12.8. The van der Waals surface area contributed by atoms with Gasteiger partial charge in [0.2, 0.25) is 15.9 Å². The number of benzene rings is 2. The standard InChI is InChI=1S/C18H20ClIN2O3S/c1-11-5-6-14(19)10-17(11)22(26(4,24)25)13(3)18(23)21-16-8-7-15(20)9-12(16)2/h5-10,13H,1-4H3,(H,21,23)/t13-/m1/s1. The van der Waals surface area contributed by atoms with E-state index in [0.29, 0.717) is 22.0 Å². The summed E-state index contributed by atoms with van der Waals surface area (Å²) in [5.41, 5.74) is 2.66. The van der Waals surface area contributed by atoms with Gasteiger partial charge in [-0.05, 0) is 84.8 Å². The zero-order chi connectivity index (χ0) is 19.6. The monoisotopic (exact) mass is 506 g/mol. The van der Waals surface area contributed by atoms with Crippen molar-refractivity contribution in [2.75, 3.05) is 15.9 Å². The van der Waals surface area contributed by atoms with Crippen molar-refractivity contribution in [1.82, 2.24) is 0 Å². The van der Waals surface area contributed by atoms with E-state index in [1.54, 1.807) is 38.1 Å². The van der Waals surface area contributed by atoms with Crippen molar-refractivity contribution in [3.63, 3.8) is 0 Å². The molecule has 5 nitrogen and oxygen atoms in total. The van der Waals surface area contributed by atoms with Gasteiger partial charge in [0.1, 0.15) is 6.04 Å². The third kappa shape index (κ3) is 4.89. The van der Waals surface area contributed by atoms with E-state index in [4.69, 9.17) is 11.6 Å². The number of carbonyl (C=O) groups is 1. The fourth-order valence-corrected chi connectivity index (χ4v) is 4.64. The van der Waals surface area contributed by atoms with Crippen LogP contribution in [0.4, 0.5) is 11.4 Å². The number of carbonyl (C=O) groups excluding carboxylic acids is 1. The van der Waals surface area contributed by atoms with Gasteiger partial charge in [-0.1, -0.05) is 17.7 Å². The zero-order valence-electron chi connectivity index (χ0n) is 14.9. The molecule has 0 aromatic heterocycles. The SMILES string of the molecule is Cc1cc(I)ccc1NC(=O)[C@@H](C)N(c1cc(Cl)ccc1C)S(C)(=O)=O. The van der Waals surface area contributed by atoms with Gasteiger partial charge in [0.25, 0.3) is 0 Å². The second-order valence-electron chi connectivity index (χ2n) is 6.11. The van der Waals surface area contributed by atoms with Crippen molar-refractivity contribution in [2.45, 2.75) is 26.8 Å². The van der Waals surface area contributed by atoms with E-state index in [9.17, 15) is 13.2 Å². The van der Waals surface area contributed by atoms with Crippen molar-refractivity contribution < 1.29 is 13.2 Å². The van der Waals surface area contributed by atoms with Crippen molar-refractivity contribution >= 4 is 61.5 Å². The molecular weight excluding hydrogens is 487 g/mol. The number of nitrogens with one attached hydrogen (secondary N) is 1. The van der Waals surface area contributed by atoms with E-state index >= 15 is 0 Å². The van der Waals surface area contributed by atoms with Crippen LogP contribution in [-0.2, 0) is 14.8 Å². The molecule has 2 aromatic rings. The van der Waals surface area contributed by atoms with E-state index in [1.807, 2.05) is 19.1 Å². The molecule has 0 aliphatic rings. The number of anilines is 2. The molecule has 0 fully saturated rings. The van der Waals surface area contributed by atoms with Crippen LogP contribution >= 0.6 is 34.2 Å². The lowest BCUT2D eigenvalue weighted by Gasteiger charge is -2.29. The maximum absolute atomic E-state index is 12.8. The van der Waals surface area contributed by atoms with Gasteiger partial charge in [-0.15, -0.1) is 0 Å². The summed E-state index contributed by atoms with van der Waals surface area (Å²) < 4.78 is 27.0. The lowest BCUT2D eigenvalue weighted by atomic mass is 10.1. The number of amides is 1. The summed E-state index contributed by atoms with van der Waals surface area (Å²) in [7, 11) is -3.70. The number of nitrogens with zero attached hydrogens (tertiary/aromatic N) is 1. The molecule has 0 unspecified atom stereocenters. The lowest BCUT2D eigenvalue weighted by Crippen LogP contribution is -2.45. The highest BCUT2D eigenvalue weighted by molar-refractivity contribution is 14.1. The Morgan fingerprint density at radius 3 is 2.38 bits per heavy atom. The minimum Gasteiger partial charge on any atom is -0.324 e. The summed E-state index contributed by atoms with van der Waals surface area (Å²) in [5, 5.41) is 3.22. The molecule has 0 aliphatic carbocycles. The molecule has 1 N–H and O–H groups in total. The summed E-state index contributed by atoms with van der Waals surface area (Å²) in [6, 6.07) is 9.64. The molecular formula is C18H20ClIN2O3S. The van der Waals surface area contributed by atoms with Crippen molar-refractivity contribution in [1.29, 1.82) is 0 Å². The summed E-state index contributed by atoms with van der Waals surface area (Å²) in [6.45, 7) is 5.22. The summed E-state index contributed by atoms with van der Waals surface area (Å²) in [5.74, 6) is -0.417. The van der Waals surface area contributed by atoms with Gasteiger partial charge in [-0.2, -0.15) is 0 Å². The van der Waals surface area contributed by atoms with Gasteiger partial charge in [-0.3, -0.25) is 9.10 Å². The van der Waals surface area contributed by atoms with Gasteiger partial charge >= 0.3 is 0 Å². The number of halogens is 2. The molecule has 0 spiro atoms. The Kier molecular flexibility index (Phi) is 6.57. The van der Waals surface area contributed by atoms with Crippen LogP contribution in [0.2, 0.25) is 5.02 Å². The fourth-order valence-electron chi connectivity index (χ4n) is 2.61. The third-order valence-electron chi connectivity index (χ3n) is 3.94. The Morgan fingerprint density at radius 2 is 1.81 bits per heavy atom. The van der Waals surface area contributed by atoms with Gasteiger partial charge in [0.05, 0.1) is 11.9 Å². The van der Waals surface area contributed by atoms with Gasteiger partial charge in [-0.25, -0.2) is 8.42 Å². The van der Waals surface area contributed by atoms with E-state index in [0.717, 1.165) is 19.7 Å².